The van der Waals surface area contributed by atoms with Crippen molar-refractivity contribution >= 4 is 11.7 Å². The molecule has 0 saturated carbocycles. The predicted molar refractivity (Wildman–Crippen MR) is 92.2 cm³/mol. The van der Waals surface area contributed by atoms with Gasteiger partial charge in [-0.2, -0.15) is 5.10 Å². The Morgan fingerprint density at radius 2 is 2.12 bits per heavy atom. The predicted octanol–water partition coefficient (Wildman–Crippen LogP) is 2.28. The number of aromatic nitrogens is 4. The summed E-state index contributed by atoms with van der Waals surface area (Å²) in [5.74, 6) is 0.616. The molecule has 8 heteroatoms. The number of hydrogen-bond acceptors (Lipinski definition) is 5. The molecule has 3 rings (SSSR count). The van der Waals surface area contributed by atoms with Crippen LogP contribution in [-0.2, 0) is 13.1 Å². The molecule has 0 aliphatic heterocycles. The zero-order valence-corrected chi connectivity index (χ0v) is 14.4. The van der Waals surface area contributed by atoms with Crippen LogP contribution in [-0.4, -0.2) is 33.0 Å². The van der Waals surface area contributed by atoms with Crippen molar-refractivity contribution in [1.82, 2.24) is 25.2 Å². The van der Waals surface area contributed by atoms with Crippen molar-refractivity contribution in [3.05, 3.63) is 59.5 Å². The van der Waals surface area contributed by atoms with E-state index in [4.69, 9.17) is 4.52 Å². The third-order valence-electron chi connectivity index (χ3n) is 3.88. The fourth-order valence-electron chi connectivity index (χ4n) is 2.69. The Morgan fingerprint density at radius 1 is 1.32 bits per heavy atom. The van der Waals surface area contributed by atoms with Crippen LogP contribution in [0.4, 0.5) is 10.5 Å². The van der Waals surface area contributed by atoms with Gasteiger partial charge in [0.25, 0.3) is 0 Å². The normalized spacial score (nSPS) is 10.7. The lowest BCUT2D eigenvalue weighted by Crippen LogP contribution is -2.37. The molecule has 1 aromatic carbocycles. The van der Waals surface area contributed by atoms with E-state index in [9.17, 15) is 4.79 Å². The SMILES string of the molecule is Cc1noc(C)c1N(C)C(=O)NCc1cccc(Cn2cncn2)c1. The minimum absolute atomic E-state index is 0.212. The highest BCUT2D eigenvalue weighted by Crippen LogP contribution is 2.22. The molecule has 0 radical (unpaired) electrons. The molecule has 2 aromatic heterocycles. The van der Waals surface area contributed by atoms with Gasteiger partial charge in [0, 0.05) is 13.6 Å². The van der Waals surface area contributed by atoms with E-state index in [2.05, 4.69) is 20.6 Å². The van der Waals surface area contributed by atoms with Gasteiger partial charge < -0.3 is 9.84 Å². The third-order valence-corrected chi connectivity index (χ3v) is 3.88. The van der Waals surface area contributed by atoms with Crippen molar-refractivity contribution in [3.63, 3.8) is 0 Å². The summed E-state index contributed by atoms with van der Waals surface area (Å²) in [6.45, 7) is 4.66. The van der Waals surface area contributed by atoms with E-state index in [0.717, 1.165) is 11.1 Å². The molecule has 2 heterocycles. The zero-order chi connectivity index (χ0) is 17.8. The standard InChI is InChI=1S/C17H20N6O2/c1-12-16(13(2)25-21-12)22(3)17(24)19-8-14-5-4-6-15(7-14)9-23-11-18-10-20-23/h4-7,10-11H,8-9H2,1-3H3,(H,19,24). The van der Waals surface area contributed by atoms with Crippen LogP contribution in [0, 0.1) is 13.8 Å². The molecular weight excluding hydrogens is 320 g/mol. The molecule has 0 aliphatic rings. The van der Waals surface area contributed by atoms with Gasteiger partial charge in [-0.1, -0.05) is 29.4 Å². The topological polar surface area (TPSA) is 89.1 Å². The number of carbonyl (C=O) groups is 1. The lowest BCUT2D eigenvalue weighted by molar-refractivity contribution is 0.247. The average Bonchev–Trinajstić information content (AvgIpc) is 3.22. The quantitative estimate of drug-likeness (QED) is 0.770. The van der Waals surface area contributed by atoms with Crippen molar-refractivity contribution in [2.45, 2.75) is 26.9 Å². The fraction of sp³-hybridized carbons (Fsp3) is 0.294. The number of nitrogens with zero attached hydrogens (tertiary/aromatic N) is 5. The van der Waals surface area contributed by atoms with E-state index >= 15 is 0 Å². The summed E-state index contributed by atoms with van der Waals surface area (Å²) >= 11 is 0. The average molecular weight is 340 g/mol. The molecule has 3 aromatic rings. The first-order valence-corrected chi connectivity index (χ1v) is 7.89. The fourth-order valence-corrected chi connectivity index (χ4v) is 2.69. The molecule has 0 aliphatic carbocycles. The van der Waals surface area contributed by atoms with E-state index in [-0.39, 0.29) is 6.03 Å². The Balaban J connectivity index is 1.62. The Morgan fingerprint density at radius 3 is 2.80 bits per heavy atom. The largest absolute Gasteiger partial charge is 0.359 e. The number of urea groups is 1. The highest BCUT2D eigenvalue weighted by Gasteiger charge is 2.19. The molecule has 0 unspecified atom stereocenters. The molecule has 25 heavy (non-hydrogen) atoms. The summed E-state index contributed by atoms with van der Waals surface area (Å²) in [5.41, 5.74) is 3.48. The molecule has 8 nitrogen and oxygen atoms in total. The molecule has 0 spiro atoms. The molecule has 1 N–H and O–H groups in total. The number of amides is 2. The van der Waals surface area contributed by atoms with Crippen molar-refractivity contribution in [2.24, 2.45) is 0 Å². The van der Waals surface area contributed by atoms with Gasteiger partial charge in [0.05, 0.1) is 6.54 Å². The van der Waals surface area contributed by atoms with Gasteiger partial charge in [0.2, 0.25) is 0 Å². The van der Waals surface area contributed by atoms with Crippen LogP contribution in [0.2, 0.25) is 0 Å². The van der Waals surface area contributed by atoms with Gasteiger partial charge >= 0.3 is 6.03 Å². The lowest BCUT2D eigenvalue weighted by Gasteiger charge is -2.17. The minimum atomic E-state index is -0.212. The van der Waals surface area contributed by atoms with Gasteiger partial charge in [0.1, 0.15) is 24.0 Å². The summed E-state index contributed by atoms with van der Waals surface area (Å²) in [5, 5.41) is 10.9. The van der Waals surface area contributed by atoms with Gasteiger partial charge in [0.15, 0.2) is 5.76 Å². The molecule has 0 saturated heterocycles. The van der Waals surface area contributed by atoms with Crippen LogP contribution in [0.25, 0.3) is 0 Å². The third kappa shape index (κ3) is 3.85. The van der Waals surface area contributed by atoms with E-state index in [0.29, 0.717) is 30.2 Å². The molecular formula is C17H20N6O2. The second-order valence-corrected chi connectivity index (χ2v) is 5.80. The van der Waals surface area contributed by atoms with Gasteiger partial charge in [-0.05, 0) is 25.0 Å². The molecule has 130 valence electrons. The summed E-state index contributed by atoms with van der Waals surface area (Å²) in [6.07, 6.45) is 3.18. The first-order chi connectivity index (χ1) is 12.0. The van der Waals surface area contributed by atoms with E-state index < -0.39 is 0 Å². The Bertz CT molecular complexity index is 836. The van der Waals surface area contributed by atoms with Crippen molar-refractivity contribution in [3.8, 4) is 0 Å². The highest BCUT2D eigenvalue weighted by atomic mass is 16.5. The zero-order valence-electron chi connectivity index (χ0n) is 14.4. The molecule has 2 amide bonds. The summed E-state index contributed by atoms with van der Waals surface area (Å²) in [6, 6.07) is 7.78. The van der Waals surface area contributed by atoms with E-state index in [1.807, 2.05) is 31.2 Å². The first-order valence-electron chi connectivity index (χ1n) is 7.89. The number of nitrogens with one attached hydrogen (secondary N) is 1. The molecule has 0 atom stereocenters. The number of rotatable bonds is 5. The Hall–Kier alpha value is -3.16. The van der Waals surface area contributed by atoms with Crippen molar-refractivity contribution in [1.29, 1.82) is 0 Å². The summed E-state index contributed by atoms with van der Waals surface area (Å²) < 4.78 is 6.86. The highest BCUT2D eigenvalue weighted by molar-refractivity contribution is 5.92. The van der Waals surface area contributed by atoms with E-state index in [1.54, 1.807) is 25.0 Å². The number of anilines is 1. The smallest absolute Gasteiger partial charge is 0.322 e. The van der Waals surface area contributed by atoms with Crippen molar-refractivity contribution < 1.29 is 9.32 Å². The van der Waals surface area contributed by atoms with Crippen LogP contribution >= 0.6 is 0 Å². The lowest BCUT2D eigenvalue weighted by atomic mass is 10.1. The Labute approximate surface area is 145 Å². The van der Waals surface area contributed by atoms with Crippen LogP contribution < -0.4 is 10.2 Å². The molecule has 0 bridgehead atoms. The Kier molecular flexibility index (Phi) is 4.78. The van der Waals surface area contributed by atoms with Gasteiger partial charge in [-0.15, -0.1) is 0 Å². The minimum Gasteiger partial charge on any atom is -0.359 e. The maximum atomic E-state index is 12.4. The van der Waals surface area contributed by atoms with Crippen LogP contribution in [0.1, 0.15) is 22.6 Å². The monoisotopic (exact) mass is 340 g/mol. The van der Waals surface area contributed by atoms with Crippen LogP contribution in [0.5, 0.6) is 0 Å². The number of benzene rings is 1. The number of hydrogen-bond donors (Lipinski definition) is 1. The second kappa shape index (κ2) is 7.16. The number of carbonyl (C=O) groups excluding carboxylic acids is 1. The van der Waals surface area contributed by atoms with Crippen LogP contribution in [0.15, 0.2) is 41.4 Å². The maximum Gasteiger partial charge on any atom is 0.322 e. The van der Waals surface area contributed by atoms with E-state index in [1.165, 1.54) is 11.2 Å². The molecule has 0 fully saturated rings. The first kappa shape index (κ1) is 16.7. The van der Waals surface area contributed by atoms with Crippen molar-refractivity contribution in [2.75, 3.05) is 11.9 Å². The maximum absolute atomic E-state index is 12.4. The summed E-state index contributed by atoms with van der Waals surface area (Å²) in [7, 11) is 1.70. The van der Waals surface area contributed by atoms with Gasteiger partial charge in [-0.3, -0.25) is 4.90 Å². The van der Waals surface area contributed by atoms with Gasteiger partial charge in [-0.25, -0.2) is 14.5 Å². The number of aryl methyl sites for hydroxylation is 2. The second-order valence-electron chi connectivity index (χ2n) is 5.80. The summed E-state index contributed by atoms with van der Waals surface area (Å²) in [4.78, 5) is 17.8. The van der Waals surface area contributed by atoms with Crippen LogP contribution in [0.3, 0.4) is 0 Å².